The number of hydrogen-bond acceptors (Lipinski definition) is 5. The largest absolute Gasteiger partial charge is 0.368 e. The number of nitrogens with one attached hydrogen (secondary N) is 1. The van der Waals surface area contributed by atoms with Gasteiger partial charge in [0.1, 0.15) is 22.7 Å². The van der Waals surface area contributed by atoms with Gasteiger partial charge >= 0.3 is 0 Å². The van der Waals surface area contributed by atoms with E-state index in [4.69, 9.17) is 0 Å². The Hall–Kier alpha value is -4.41. The van der Waals surface area contributed by atoms with E-state index in [1.165, 1.54) is 5.69 Å². The number of halogens is 3. The molecule has 1 fully saturated rings. The molecule has 202 valence electrons. The SMILES string of the molecule is Cc1ccc2nc(C(C)c3nc4c(F)cc(F)c(F)c4[nH]3)n(C)c2c1.O=CN1CCN(c2ccncc2)CC1. The van der Waals surface area contributed by atoms with Crippen molar-refractivity contribution in [1.82, 2.24) is 29.4 Å². The van der Waals surface area contributed by atoms with Gasteiger partial charge in [0.2, 0.25) is 6.41 Å². The predicted octanol–water partition coefficient (Wildman–Crippen LogP) is 4.69. The molecule has 1 saturated heterocycles. The maximum atomic E-state index is 13.9. The first kappa shape index (κ1) is 26.2. The average molecular weight is 536 g/mol. The number of nitrogens with zero attached hydrogens (tertiary/aromatic N) is 6. The third-order valence-electron chi connectivity index (χ3n) is 6.99. The molecule has 3 aromatic heterocycles. The van der Waals surface area contributed by atoms with Crippen molar-refractivity contribution >= 4 is 34.2 Å². The van der Waals surface area contributed by atoms with Gasteiger partial charge in [-0.3, -0.25) is 9.78 Å². The van der Waals surface area contributed by atoms with Crippen LogP contribution in [0.3, 0.4) is 0 Å². The molecule has 0 bridgehead atoms. The zero-order chi connectivity index (χ0) is 27.7. The molecule has 0 aliphatic carbocycles. The normalized spacial score (nSPS) is 14.4. The average Bonchev–Trinajstić information content (AvgIpc) is 3.55. The molecular weight excluding hydrogens is 507 g/mol. The lowest BCUT2D eigenvalue weighted by Gasteiger charge is -2.33. The van der Waals surface area contributed by atoms with Gasteiger partial charge in [-0.1, -0.05) is 6.07 Å². The number of imidazole rings is 2. The first-order valence-corrected chi connectivity index (χ1v) is 12.6. The Labute approximate surface area is 223 Å². The number of aromatic nitrogens is 5. The van der Waals surface area contributed by atoms with Crippen LogP contribution in [0.1, 0.15) is 30.1 Å². The third-order valence-corrected chi connectivity index (χ3v) is 6.99. The highest BCUT2D eigenvalue weighted by Crippen LogP contribution is 2.29. The van der Waals surface area contributed by atoms with E-state index in [0.29, 0.717) is 17.7 Å². The Kier molecular flexibility index (Phi) is 7.23. The maximum absolute atomic E-state index is 13.9. The third kappa shape index (κ3) is 5.16. The minimum Gasteiger partial charge on any atom is -0.368 e. The van der Waals surface area contributed by atoms with E-state index in [0.717, 1.165) is 49.2 Å². The van der Waals surface area contributed by atoms with Gasteiger partial charge in [-0.15, -0.1) is 0 Å². The van der Waals surface area contributed by atoms with Gasteiger partial charge < -0.3 is 19.4 Å². The van der Waals surface area contributed by atoms with Crippen molar-refractivity contribution < 1.29 is 18.0 Å². The van der Waals surface area contributed by atoms with Crippen molar-refractivity contribution in [2.75, 3.05) is 31.1 Å². The van der Waals surface area contributed by atoms with E-state index in [2.05, 4.69) is 24.8 Å². The van der Waals surface area contributed by atoms with Crippen LogP contribution in [0.25, 0.3) is 22.1 Å². The molecule has 1 amide bonds. The molecule has 0 radical (unpaired) electrons. The Bertz CT molecular complexity index is 1630. The topological polar surface area (TPSA) is 82.9 Å². The first-order valence-electron chi connectivity index (χ1n) is 12.6. The van der Waals surface area contributed by atoms with Crippen LogP contribution >= 0.6 is 0 Å². The fourth-order valence-electron chi connectivity index (χ4n) is 4.76. The lowest BCUT2D eigenvalue weighted by molar-refractivity contribution is -0.118. The van der Waals surface area contributed by atoms with Gasteiger partial charge in [0.05, 0.1) is 17.0 Å². The fourth-order valence-corrected chi connectivity index (χ4v) is 4.76. The number of aromatic amines is 1. The summed E-state index contributed by atoms with van der Waals surface area (Å²) in [5.41, 5.74) is 3.60. The van der Waals surface area contributed by atoms with Gasteiger partial charge in [0.25, 0.3) is 0 Å². The van der Waals surface area contributed by atoms with Gasteiger partial charge in [0.15, 0.2) is 17.5 Å². The van der Waals surface area contributed by atoms with Crippen LogP contribution in [-0.4, -0.2) is 62.0 Å². The second kappa shape index (κ2) is 10.8. The minimum absolute atomic E-state index is 0.213. The molecule has 4 heterocycles. The molecule has 0 saturated carbocycles. The van der Waals surface area contributed by atoms with Gasteiger partial charge in [-0.05, 0) is 43.7 Å². The zero-order valence-corrected chi connectivity index (χ0v) is 21.8. The first-order chi connectivity index (χ1) is 18.8. The lowest BCUT2D eigenvalue weighted by atomic mass is 10.1. The van der Waals surface area contributed by atoms with Crippen LogP contribution in [0.5, 0.6) is 0 Å². The number of piperazine rings is 1. The number of anilines is 1. The molecule has 1 aliphatic rings. The molecule has 11 heteroatoms. The van der Waals surface area contributed by atoms with E-state index in [1.807, 2.05) is 55.8 Å². The number of carbonyl (C=O) groups excluding carboxylic acids is 1. The summed E-state index contributed by atoms with van der Waals surface area (Å²) in [6.07, 6.45) is 4.51. The van der Waals surface area contributed by atoms with E-state index >= 15 is 0 Å². The van der Waals surface area contributed by atoms with Crippen molar-refractivity contribution in [3.8, 4) is 0 Å². The van der Waals surface area contributed by atoms with E-state index in [1.54, 1.807) is 17.3 Å². The molecule has 6 rings (SSSR count). The zero-order valence-electron chi connectivity index (χ0n) is 21.8. The quantitative estimate of drug-likeness (QED) is 0.267. The molecule has 5 aromatic rings. The van der Waals surface area contributed by atoms with Crippen LogP contribution in [0.15, 0.2) is 48.8 Å². The number of H-pyrrole nitrogens is 1. The van der Waals surface area contributed by atoms with Gasteiger partial charge in [0, 0.05) is 57.4 Å². The molecule has 1 unspecified atom stereocenters. The Morgan fingerprint density at radius 3 is 2.38 bits per heavy atom. The van der Waals surface area contributed by atoms with Crippen molar-refractivity contribution in [3.05, 3.63) is 83.5 Å². The van der Waals surface area contributed by atoms with Crippen LogP contribution in [-0.2, 0) is 11.8 Å². The summed E-state index contributed by atoms with van der Waals surface area (Å²) in [7, 11) is 1.88. The van der Waals surface area contributed by atoms with Gasteiger partial charge in [-0.2, -0.15) is 0 Å². The predicted molar refractivity (Wildman–Crippen MR) is 143 cm³/mol. The highest BCUT2D eigenvalue weighted by Gasteiger charge is 2.23. The van der Waals surface area contributed by atoms with E-state index in [-0.39, 0.29) is 17.0 Å². The van der Waals surface area contributed by atoms with E-state index < -0.39 is 17.5 Å². The second-order valence-corrected chi connectivity index (χ2v) is 9.58. The molecule has 1 atom stereocenters. The highest BCUT2D eigenvalue weighted by atomic mass is 19.2. The Morgan fingerprint density at radius 1 is 0.974 bits per heavy atom. The van der Waals surface area contributed by atoms with Crippen LogP contribution < -0.4 is 4.90 Å². The summed E-state index contributed by atoms with van der Waals surface area (Å²) in [6.45, 7) is 7.26. The smallest absolute Gasteiger partial charge is 0.209 e. The number of fused-ring (bicyclic) bond motifs is 2. The number of rotatable bonds is 4. The van der Waals surface area contributed by atoms with Crippen LogP contribution in [0.4, 0.5) is 18.9 Å². The minimum atomic E-state index is -1.24. The van der Waals surface area contributed by atoms with E-state index in [9.17, 15) is 18.0 Å². The summed E-state index contributed by atoms with van der Waals surface area (Å²) in [5, 5.41) is 0. The maximum Gasteiger partial charge on any atom is 0.209 e. The number of carbonyl (C=O) groups is 1. The number of amides is 1. The molecular formula is C28H28F3N7O. The number of hydrogen-bond donors (Lipinski definition) is 1. The molecule has 1 aliphatic heterocycles. The monoisotopic (exact) mass is 535 g/mol. The van der Waals surface area contributed by atoms with Crippen molar-refractivity contribution in [3.63, 3.8) is 0 Å². The Balaban J connectivity index is 0.000000186. The number of aryl methyl sites for hydroxylation is 2. The number of benzene rings is 2. The highest BCUT2D eigenvalue weighted by molar-refractivity contribution is 5.78. The van der Waals surface area contributed by atoms with Crippen molar-refractivity contribution in [1.29, 1.82) is 0 Å². The molecule has 2 aromatic carbocycles. The Morgan fingerprint density at radius 2 is 1.69 bits per heavy atom. The number of pyridine rings is 1. The fraction of sp³-hybridized carbons (Fsp3) is 0.286. The van der Waals surface area contributed by atoms with Crippen molar-refractivity contribution in [2.24, 2.45) is 7.05 Å². The molecule has 1 N–H and O–H groups in total. The molecule has 0 spiro atoms. The van der Waals surface area contributed by atoms with Crippen molar-refractivity contribution in [2.45, 2.75) is 19.8 Å². The van der Waals surface area contributed by atoms with Crippen LogP contribution in [0.2, 0.25) is 0 Å². The molecule has 39 heavy (non-hydrogen) atoms. The standard InChI is InChI=1S/C18H15F3N4.C10H13N3O/c1-8-4-5-12-13(6-8)25(3)18(22-12)9(2)17-23-15-11(20)7-10(19)14(21)16(15)24-17;14-9-12-5-7-13(8-6-12)10-1-3-11-4-2-10/h4-7,9H,1-3H3,(H,23,24);1-4,9H,5-8H2. The summed E-state index contributed by atoms with van der Waals surface area (Å²) in [6, 6.07) is 10.4. The van der Waals surface area contributed by atoms with Gasteiger partial charge in [-0.25, -0.2) is 23.1 Å². The second-order valence-electron chi connectivity index (χ2n) is 9.58. The summed E-state index contributed by atoms with van der Waals surface area (Å²) in [4.78, 5) is 30.0. The summed E-state index contributed by atoms with van der Waals surface area (Å²) >= 11 is 0. The lowest BCUT2D eigenvalue weighted by Crippen LogP contribution is -2.45. The van der Waals surface area contributed by atoms with Crippen LogP contribution in [0, 0.1) is 24.4 Å². The summed E-state index contributed by atoms with van der Waals surface area (Å²) < 4.78 is 43.1. The summed E-state index contributed by atoms with van der Waals surface area (Å²) in [5.74, 6) is -2.61. The molecule has 8 nitrogen and oxygen atoms in total.